The van der Waals surface area contributed by atoms with Crippen LogP contribution in [-0.4, -0.2) is 56.5 Å². The van der Waals surface area contributed by atoms with E-state index in [0.29, 0.717) is 12.5 Å². The Morgan fingerprint density at radius 1 is 1.36 bits per heavy atom. The maximum Gasteiger partial charge on any atom is 0.236 e. The highest BCUT2D eigenvalue weighted by molar-refractivity contribution is 5.78. The Hall–Kier alpha value is -1.75. The van der Waals surface area contributed by atoms with Crippen LogP contribution in [0.1, 0.15) is 29.9 Å². The molecule has 1 aromatic rings. The number of anilines is 1. The van der Waals surface area contributed by atoms with Gasteiger partial charge in [0, 0.05) is 24.8 Å². The van der Waals surface area contributed by atoms with E-state index >= 15 is 0 Å². The Morgan fingerprint density at radius 2 is 2.00 bits per heavy atom. The molecule has 1 saturated heterocycles. The van der Waals surface area contributed by atoms with Gasteiger partial charge in [0.1, 0.15) is 5.75 Å². The molecule has 1 aromatic carbocycles. The average Bonchev–Trinajstić information content (AvgIpc) is 2.49. The highest BCUT2D eigenvalue weighted by Gasteiger charge is 2.26. The third-order valence-corrected chi connectivity index (χ3v) is 4.36. The van der Waals surface area contributed by atoms with E-state index in [1.54, 1.807) is 7.11 Å². The maximum atomic E-state index is 12.1. The van der Waals surface area contributed by atoms with Crippen LogP contribution in [0.4, 0.5) is 5.69 Å². The van der Waals surface area contributed by atoms with E-state index in [9.17, 15) is 4.79 Å². The minimum absolute atomic E-state index is 0.212. The molecule has 0 radical (unpaired) electrons. The zero-order valence-corrected chi connectivity index (χ0v) is 14.1. The molecule has 0 aromatic heterocycles. The SMILES string of the molecule is COc1cc(N)c(C)cc1C1CCN(C(=O)CN(C)C)CC1. The zero-order chi connectivity index (χ0) is 16.3. The van der Waals surface area contributed by atoms with Crippen LogP contribution in [0.15, 0.2) is 12.1 Å². The molecule has 1 aliphatic heterocycles. The van der Waals surface area contributed by atoms with Crippen molar-refractivity contribution in [2.24, 2.45) is 0 Å². The van der Waals surface area contributed by atoms with E-state index in [-0.39, 0.29) is 5.91 Å². The molecule has 122 valence electrons. The van der Waals surface area contributed by atoms with Gasteiger partial charge in [0.15, 0.2) is 0 Å². The molecule has 0 aliphatic carbocycles. The van der Waals surface area contributed by atoms with Crippen molar-refractivity contribution in [1.29, 1.82) is 0 Å². The van der Waals surface area contributed by atoms with Gasteiger partial charge in [-0.15, -0.1) is 0 Å². The van der Waals surface area contributed by atoms with Crippen molar-refractivity contribution in [3.8, 4) is 5.75 Å². The predicted octanol–water partition coefficient (Wildman–Crippen LogP) is 1.85. The number of carbonyl (C=O) groups is 1. The Morgan fingerprint density at radius 3 is 2.55 bits per heavy atom. The lowest BCUT2D eigenvalue weighted by molar-refractivity contribution is -0.132. The Kier molecular flexibility index (Phi) is 5.29. The number of nitrogen functional groups attached to an aromatic ring is 1. The summed E-state index contributed by atoms with van der Waals surface area (Å²) in [5.41, 5.74) is 9.03. The quantitative estimate of drug-likeness (QED) is 0.863. The lowest BCUT2D eigenvalue weighted by Gasteiger charge is -2.33. The van der Waals surface area contributed by atoms with Crippen molar-refractivity contribution >= 4 is 11.6 Å². The summed E-state index contributed by atoms with van der Waals surface area (Å²) in [4.78, 5) is 16.0. The van der Waals surface area contributed by atoms with Crippen molar-refractivity contribution in [2.45, 2.75) is 25.7 Å². The summed E-state index contributed by atoms with van der Waals surface area (Å²) in [6.07, 6.45) is 1.94. The van der Waals surface area contributed by atoms with Crippen LogP contribution < -0.4 is 10.5 Å². The second-order valence-corrected chi connectivity index (χ2v) is 6.34. The monoisotopic (exact) mass is 305 g/mol. The first-order valence-electron chi connectivity index (χ1n) is 7.79. The van der Waals surface area contributed by atoms with Crippen LogP contribution in [0, 0.1) is 6.92 Å². The van der Waals surface area contributed by atoms with Crippen LogP contribution >= 0.6 is 0 Å². The lowest BCUT2D eigenvalue weighted by atomic mass is 9.87. The number of benzene rings is 1. The molecule has 1 heterocycles. The van der Waals surface area contributed by atoms with Crippen LogP contribution in [0.5, 0.6) is 5.75 Å². The largest absolute Gasteiger partial charge is 0.496 e. The van der Waals surface area contributed by atoms with Crippen molar-refractivity contribution in [2.75, 3.05) is 46.6 Å². The van der Waals surface area contributed by atoms with Crippen LogP contribution in [-0.2, 0) is 4.79 Å². The van der Waals surface area contributed by atoms with Gasteiger partial charge in [0.2, 0.25) is 5.91 Å². The third-order valence-electron chi connectivity index (χ3n) is 4.36. The second kappa shape index (κ2) is 7.01. The molecular weight excluding hydrogens is 278 g/mol. The van der Waals surface area contributed by atoms with Gasteiger partial charge in [0.25, 0.3) is 0 Å². The number of nitrogens with zero attached hydrogens (tertiary/aromatic N) is 2. The van der Waals surface area contributed by atoms with E-state index in [1.807, 2.05) is 36.9 Å². The van der Waals surface area contributed by atoms with E-state index in [2.05, 4.69) is 6.07 Å². The number of methoxy groups -OCH3 is 1. The summed E-state index contributed by atoms with van der Waals surface area (Å²) in [5.74, 6) is 1.50. The van der Waals surface area contributed by atoms with E-state index in [0.717, 1.165) is 42.9 Å². The molecule has 1 amide bonds. The topological polar surface area (TPSA) is 58.8 Å². The van der Waals surface area contributed by atoms with Crippen molar-refractivity contribution < 1.29 is 9.53 Å². The molecule has 5 heteroatoms. The summed E-state index contributed by atoms with van der Waals surface area (Å²) in [7, 11) is 5.53. The van der Waals surface area contributed by atoms with Gasteiger partial charge in [-0.25, -0.2) is 0 Å². The molecule has 1 aliphatic rings. The zero-order valence-electron chi connectivity index (χ0n) is 14.1. The molecule has 0 atom stereocenters. The number of likely N-dealkylation sites (tertiary alicyclic amines) is 1. The van der Waals surface area contributed by atoms with Gasteiger partial charge >= 0.3 is 0 Å². The molecule has 2 rings (SSSR count). The summed E-state index contributed by atoms with van der Waals surface area (Å²) in [6, 6.07) is 4.05. The molecule has 2 N–H and O–H groups in total. The Labute approximate surface area is 133 Å². The lowest BCUT2D eigenvalue weighted by Crippen LogP contribution is -2.42. The van der Waals surface area contributed by atoms with Crippen molar-refractivity contribution in [3.05, 3.63) is 23.3 Å². The first-order chi connectivity index (χ1) is 10.4. The molecule has 0 saturated carbocycles. The number of amides is 1. The van der Waals surface area contributed by atoms with E-state index < -0.39 is 0 Å². The minimum Gasteiger partial charge on any atom is -0.496 e. The standard InChI is InChI=1S/C17H27N3O2/c1-12-9-14(16(22-4)10-15(12)18)13-5-7-20(8-6-13)17(21)11-19(2)3/h9-10,13H,5-8,11,18H2,1-4H3. The summed E-state index contributed by atoms with van der Waals surface area (Å²) in [5, 5.41) is 0. The number of piperidine rings is 1. The smallest absolute Gasteiger partial charge is 0.236 e. The van der Waals surface area contributed by atoms with Crippen LogP contribution in [0.2, 0.25) is 0 Å². The normalized spacial score (nSPS) is 16.1. The number of ether oxygens (including phenoxy) is 1. The van der Waals surface area contributed by atoms with E-state index in [4.69, 9.17) is 10.5 Å². The summed E-state index contributed by atoms with van der Waals surface area (Å²) in [6.45, 7) is 4.12. The fourth-order valence-corrected chi connectivity index (χ4v) is 3.03. The minimum atomic E-state index is 0.212. The van der Waals surface area contributed by atoms with Crippen molar-refractivity contribution in [3.63, 3.8) is 0 Å². The van der Waals surface area contributed by atoms with Gasteiger partial charge in [-0.2, -0.15) is 0 Å². The number of aryl methyl sites for hydroxylation is 1. The molecular formula is C17H27N3O2. The van der Waals surface area contributed by atoms with E-state index in [1.165, 1.54) is 5.56 Å². The summed E-state index contributed by atoms with van der Waals surface area (Å²) >= 11 is 0. The first-order valence-corrected chi connectivity index (χ1v) is 7.79. The fourth-order valence-electron chi connectivity index (χ4n) is 3.03. The van der Waals surface area contributed by atoms with Gasteiger partial charge in [-0.05, 0) is 50.9 Å². The highest BCUT2D eigenvalue weighted by Crippen LogP contribution is 2.36. The fraction of sp³-hybridized carbons (Fsp3) is 0.588. The molecule has 22 heavy (non-hydrogen) atoms. The second-order valence-electron chi connectivity index (χ2n) is 6.34. The van der Waals surface area contributed by atoms with Gasteiger partial charge < -0.3 is 20.3 Å². The first kappa shape index (κ1) is 16.6. The van der Waals surface area contributed by atoms with Gasteiger partial charge in [-0.1, -0.05) is 6.07 Å². The Balaban J connectivity index is 2.06. The number of hydrogen-bond donors (Lipinski definition) is 1. The number of carbonyl (C=O) groups excluding carboxylic acids is 1. The Bertz CT molecular complexity index is 535. The van der Waals surface area contributed by atoms with Gasteiger partial charge in [0.05, 0.1) is 13.7 Å². The van der Waals surface area contributed by atoms with Crippen LogP contribution in [0.25, 0.3) is 0 Å². The number of nitrogens with two attached hydrogens (primary N) is 1. The number of likely N-dealkylation sites (N-methyl/N-ethyl adjacent to an activating group) is 1. The molecule has 0 unspecified atom stereocenters. The molecule has 0 bridgehead atoms. The highest BCUT2D eigenvalue weighted by atomic mass is 16.5. The predicted molar refractivity (Wildman–Crippen MR) is 89.3 cm³/mol. The third kappa shape index (κ3) is 3.71. The average molecular weight is 305 g/mol. The van der Waals surface area contributed by atoms with Crippen molar-refractivity contribution in [1.82, 2.24) is 9.80 Å². The van der Waals surface area contributed by atoms with Gasteiger partial charge in [-0.3, -0.25) is 4.79 Å². The van der Waals surface area contributed by atoms with Crippen LogP contribution in [0.3, 0.4) is 0 Å². The molecule has 5 nitrogen and oxygen atoms in total. The molecule has 1 fully saturated rings. The summed E-state index contributed by atoms with van der Waals surface area (Å²) < 4.78 is 5.49. The molecule has 0 spiro atoms. The number of rotatable bonds is 4. The maximum absolute atomic E-state index is 12.1. The number of hydrogen-bond acceptors (Lipinski definition) is 4.